The van der Waals surface area contributed by atoms with Crippen LogP contribution in [0.2, 0.25) is 0 Å². The minimum atomic E-state index is -0.437. The zero-order valence-electron chi connectivity index (χ0n) is 16.4. The summed E-state index contributed by atoms with van der Waals surface area (Å²) in [6, 6.07) is 9.93. The molecule has 0 atom stereocenters. The second-order valence-electron chi connectivity index (χ2n) is 6.31. The molecule has 156 valence electrons. The maximum absolute atomic E-state index is 12.3. The molecule has 2 aromatic carbocycles. The maximum Gasteiger partial charge on any atom is 0.269 e. The third kappa shape index (κ3) is 7.04. The number of methoxy groups -OCH3 is 1. The molecule has 0 saturated carbocycles. The highest BCUT2D eigenvalue weighted by Gasteiger charge is 2.13. The first-order valence-corrected chi connectivity index (χ1v) is 10.9. The molecule has 0 aliphatic rings. The van der Waals surface area contributed by atoms with Crippen LogP contribution in [0.25, 0.3) is 0 Å². The van der Waals surface area contributed by atoms with Crippen LogP contribution in [0.3, 0.4) is 0 Å². The average Bonchev–Trinajstić information content (AvgIpc) is 2.72. The summed E-state index contributed by atoms with van der Waals surface area (Å²) in [5.74, 6) is 0.433. The number of unbranched alkanes of at least 4 members (excludes halogenated alkanes) is 3. The number of benzene rings is 2. The third-order valence-electron chi connectivity index (χ3n) is 4.15. The monoisotopic (exact) mass is 526 g/mol. The molecule has 0 fully saturated rings. The van der Waals surface area contributed by atoms with Gasteiger partial charge in [0, 0.05) is 11.1 Å². The van der Waals surface area contributed by atoms with E-state index in [2.05, 4.69) is 49.6 Å². The summed E-state index contributed by atoms with van der Waals surface area (Å²) >= 11 is 6.75. The van der Waals surface area contributed by atoms with E-state index in [0.717, 1.165) is 12.8 Å². The number of hydrogen-bond acceptors (Lipinski definition) is 4. The van der Waals surface area contributed by atoms with Crippen LogP contribution in [0, 0.1) is 0 Å². The quantitative estimate of drug-likeness (QED) is 0.344. The summed E-state index contributed by atoms with van der Waals surface area (Å²) in [5, 5.41) is 0. The number of carbonyl (C=O) groups excluding carboxylic acids is 2. The molecule has 0 unspecified atom stereocenters. The highest BCUT2D eigenvalue weighted by atomic mass is 79.9. The van der Waals surface area contributed by atoms with Crippen molar-refractivity contribution in [1.29, 1.82) is 0 Å². The first-order chi connectivity index (χ1) is 14.0. The SMILES string of the molecule is CCCCCCOc1ccc(C(=O)NNC(=O)c2ccc(OC)c(Br)c2)cc1Br. The Morgan fingerprint density at radius 2 is 1.41 bits per heavy atom. The van der Waals surface area contributed by atoms with E-state index in [4.69, 9.17) is 9.47 Å². The fourth-order valence-electron chi connectivity index (χ4n) is 2.54. The molecule has 0 saturated heterocycles. The van der Waals surface area contributed by atoms with Gasteiger partial charge in [0.1, 0.15) is 11.5 Å². The van der Waals surface area contributed by atoms with Gasteiger partial charge in [-0.25, -0.2) is 0 Å². The number of halogens is 2. The van der Waals surface area contributed by atoms with Crippen molar-refractivity contribution in [2.75, 3.05) is 13.7 Å². The van der Waals surface area contributed by atoms with Gasteiger partial charge in [-0.15, -0.1) is 0 Å². The molecule has 0 aliphatic carbocycles. The number of hydrogen-bond donors (Lipinski definition) is 2. The van der Waals surface area contributed by atoms with E-state index in [1.807, 2.05) is 0 Å². The van der Waals surface area contributed by atoms with E-state index in [1.54, 1.807) is 43.5 Å². The minimum absolute atomic E-state index is 0.381. The van der Waals surface area contributed by atoms with Gasteiger partial charge < -0.3 is 9.47 Å². The number of nitrogens with one attached hydrogen (secondary N) is 2. The van der Waals surface area contributed by atoms with Gasteiger partial charge in [0.15, 0.2) is 0 Å². The molecule has 0 heterocycles. The van der Waals surface area contributed by atoms with Crippen LogP contribution >= 0.6 is 31.9 Å². The summed E-state index contributed by atoms with van der Waals surface area (Å²) in [4.78, 5) is 24.6. The van der Waals surface area contributed by atoms with Crippen molar-refractivity contribution in [3.8, 4) is 11.5 Å². The van der Waals surface area contributed by atoms with Crippen LogP contribution in [-0.4, -0.2) is 25.5 Å². The highest BCUT2D eigenvalue weighted by Crippen LogP contribution is 2.27. The first kappa shape index (κ1) is 23.2. The van der Waals surface area contributed by atoms with Gasteiger partial charge in [-0.3, -0.25) is 20.4 Å². The Labute approximate surface area is 187 Å². The number of hydrazine groups is 1. The topological polar surface area (TPSA) is 76.7 Å². The third-order valence-corrected chi connectivity index (χ3v) is 5.39. The molecule has 29 heavy (non-hydrogen) atoms. The fraction of sp³-hybridized carbons (Fsp3) is 0.333. The van der Waals surface area contributed by atoms with E-state index < -0.39 is 11.8 Å². The Morgan fingerprint density at radius 3 is 1.90 bits per heavy atom. The molecule has 2 N–H and O–H groups in total. The van der Waals surface area contributed by atoms with E-state index in [0.29, 0.717) is 38.2 Å². The standard InChI is InChI=1S/C21H24Br2N2O4/c1-3-4-5-6-11-29-19-10-8-15(13-17(19)23)21(27)25-24-20(26)14-7-9-18(28-2)16(22)12-14/h7-10,12-13H,3-6,11H2,1-2H3,(H,24,26)(H,25,27). The van der Waals surface area contributed by atoms with Crippen molar-refractivity contribution in [2.45, 2.75) is 32.6 Å². The smallest absolute Gasteiger partial charge is 0.269 e. The van der Waals surface area contributed by atoms with Crippen molar-refractivity contribution >= 4 is 43.7 Å². The van der Waals surface area contributed by atoms with Crippen molar-refractivity contribution in [1.82, 2.24) is 10.9 Å². The molecule has 0 aliphatic heterocycles. The van der Waals surface area contributed by atoms with Gasteiger partial charge in [0.05, 0.1) is 22.7 Å². The van der Waals surface area contributed by atoms with Crippen LogP contribution in [0.1, 0.15) is 53.3 Å². The first-order valence-electron chi connectivity index (χ1n) is 9.32. The summed E-state index contributed by atoms with van der Waals surface area (Å²) in [5.41, 5.74) is 5.59. The number of carbonyl (C=O) groups is 2. The number of ether oxygens (including phenoxy) is 2. The Balaban J connectivity index is 1.89. The van der Waals surface area contributed by atoms with Gasteiger partial charge in [0.2, 0.25) is 0 Å². The van der Waals surface area contributed by atoms with Crippen molar-refractivity contribution < 1.29 is 19.1 Å². The molecule has 2 rings (SSSR count). The predicted octanol–water partition coefficient (Wildman–Crippen LogP) is 5.25. The van der Waals surface area contributed by atoms with E-state index >= 15 is 0 Å². The normalized spacial score (nSPS) is 10.3. The molecule has 6 nitrogen and oxygen atoms in total. The number of amides is 2. The highest BCUT2D eigenvalue weighted by molar-refractivity contribution is 9.10. The van der Waals surface area contributed by atoms with Crippen LogP contribution < -0.4 is 20.3 Å². The summed E-state index contributed by atoms with van der Waals surface area (Å²) in [6.45, 7) is 2.80. The van der Waals surface area contributed by atoms with Crippen molar-refractivity contribution in [2.24, 2.45) is 0 Å². The summed E-state index contributed by atoms with van der Waals surface area (Å²) in [6.07, 6.45) is 4.51. The Hall–Kier alpha value is -2.06. The molecule has 2 amide bonds. The molecular weight excluding hydrogens is 504 g/mol. The zero-order valence-corrected chi connectivity index (χ0v) is 19.6. The average molecular weight is 528 g/mol. The minimum Gasteiger partial charge on any atom is -0.496 e. The zero-order chi connectivity index (χ0) is 21.2. The van der Waals surface area contributed by atoms with E-state index in [1.165, 1.54) is 12.8 Å². The lowest BCUT2D eigenvalue weighted by molar-refractivity contribution is 0.0846. The van der Waals surface area contributed by atoms with Gasteiger partial charge in [-0.05, 0) is 74.7 Å². The number of rotatable bonds is 9. The lowest BCUT2D eigenvalue weighted by atomic mass is 10.2. The van der Waals surface area contributed by atoms with Crippen LogP contribution in [0.4, 0.5) is 0 Å². The lowest BCUT2D eigenvalue weighted by Crippen LogP contribution is -2.41. The van der Waals surface area contributed by atoms with Gasteiger partial charge >= 0.3 is 0 Å². The van der Waals surface area contributed by atoms with E-state index in [9.17, 15) is 9.59 Å². The summed E-state index contributed by atoms with van der Waals surface area (Å²) in [7, 11) is 1.54. The molecule has 8 heteroatoms. The maximum atomic E-state index is 12.3. The van der Waals surface area contributed by atoms with Gasteiger partial charge in [-0.2, -0.15) is 0 Å². The molecule has 0 bridgehead atoms. The Bertz CT molecular complexity index is 859. The molecule has 0 radical (unpaired) electrons. The lowest BCUT2D eigenvalue weighted by Gasteiger charge is -2.11. The summed E-state index contributed by atoms with van der Waals surface area (Å²) < 4.78 is 12.2. The van der Waals surface area contributed by atoms with Gasteiger partial charge in [-0.1, -0.05) is 26.2 Å². The second kappa shape index (κ2) is 11.8. The van der Waals surface area contributed by atoms with Gasteiger partial charge in [0.25, 0.3) is 11.8 Å². The Morgan fingerprint density at radius 1 is 0.862 bits per heavy atom. The largest absolute Gasteiger partial charge is 0.496 e. The molecule has 0 spiro atoms. The van der Waals surface area contributed by atoms with Crippen LogP contribution in [0.5, 0.6) is 11.5 Å². The second-order valence-corrected chi connectivity index (χ2v) is 8.02. The van der Waals surface area contributed by atoms with Crippen molar-refractivity contribution in [3.05, 3.63) is 56.5 Å². The molecule has 2 aromatic rings. The van der Waals surface area contributed by atoms with E-state index in [-0.39, 0.29) is 0 Å². The van der Waals surface area contributed by atoms with Crippen LogP contribution in [-0.2, 0) is 0 Å². The fourth-order valence-corrected chi connectivity index (χ4v) is 3.57. The molecular formula is C21H24Br2N2O4. The predicted molar refractivity (Wildman–Crippen MR) is 119 cm³/mol. The van der Waals surface area contributed by atoms with Crippen molar-refractivity contribution in [3.63, 3.8) is 0 Å². The van der Waals surface area contributed by atoms with Crippen LogP contribution in [0.15, 0.2) is 45.3 Å². The molecule has 0 aromatic heterocycles. The Kier molecular flexibility index (Phi) is 9.47.